The second-order valence-electron chi connectivity index (χ2n) is 4.03. The van der Waals surface area contributed by atoms with Crippen LogP contribution in [-0.4, -0.2) is 23.2 Å². The summed E-state index contributed by atoms with van der Waals surface area (Å²) in [5.41, 5.74) is 6.76. The van der Waals surface area contributed by atoms with E-state index < -0.39 is 9.84 Å². The number of hydrogen-bond donors (Lipinski definition) is 1. The number of aromatic nitrogens is 3. The second-order valence-corrected chi connectivity index (χ2v) is 5.99. The van der Waals surface area contributed by atoms with Gasteiger partial charge in [0.2, 0.25) is 0 Å². The molecule has 0 aliphatic heterocycles. The highest BCUT2D eigenvalue weighted by atomic mass is 32.2. The van der Waals surface area contributed by atoms with E-state index in [1.807, 2.05) is 0 Å². The van der Waals surface area contributed by atoms with Crippen molar-refractivity contribution in [3.8, 4) is 0 Å². The molecule has 2 rings (SSSR count). The molecule has 0 aliphatic carbocycles. The number of rotatable bonds is 3. The first-order valence-corrected chi connectivity index (χ1v) is 6.98. The molecule has 18 heavy (non-hydrogen) atoms. The molecule has 1 aromatic carbocycles. The summed E-state index contributed by atoms with van der Waals surface area (Å²) < 4.78 is 26.0. The van der Waals surface area contributed by atoms with Gasteiger partial charge in [0.15, 0.2) is 9.84 Å². The average molecular weight is 266 g/mol. The molecule has 96 valence electrons. The van der Waals surface area contributed by atoms with Gasteiger partial charge in [-0.1, -0.05) is 6.07 Å². The minimum atomic E-state index is -3.46. The number of nitrogens with zero attached hydrogens (tertiary/aromatic N) is 3. The van der Waals surface area contributed by atoms with E-state index in [1.165, 1.54) is 11.0 Å². The molecule has 0 atom stereocenters. The number of aryl methyl sites for hydroxylation is 1. The maximum atomic E-state index is 12.3. The first kappa shape index (κ1) is 12.6. The van der Waals surface area contributed by atoms with Gasteiger partial charge in [-0.05, 0) is 24.6 Å². The first-order valence-electron chi connectivity index (χ1n) is 5.32. The lowest BCUT2D eigenvalue weighted by molar-refractivity contribution is 0.590. The van der Waals surface area contributed by atoms with Crippen LogP contribution in [0.25, 0.3) is 0 Å². The molecule has 2 aromatic rings. The minimum absolute atomic E-state index is 0.187. The van der Waals surface area contributed by atoms with Crippen LogP contribution < -0.4 is 5.73 Å². The van der Waals surface area contributed by atoms with E-state index in [4.69, 9.17) is 5.73 Å². The Morgan fingerprint density at radius 3 is 2.72 bits per heavy atom. The van der Waals surface area contributed by atoms with E-state index >= 15 is 0 Å². The number of anilines is 1. The Morgan fingerprint density at radius 2 is 2.11 bits per heavy atom. The highest BCUT2D eigenvalue weighted by Crippen LogP contribution is 2.23. The largest absolute Gasteiger partial charge is 0.398 e. The van der Waals surface area contributed by atoms with Crippen LogP contribution in [0.3, 0.4) is 0 Å². The molecular weight excluding hydrogens is 252 g/mol. The van der Waals surface area contributed by atoms with Crippen molar-refractivity contribution in [2.45, 2.75) is 17.6 Å². The molecule has 0 radical (unpaired) electrons. The standard InChI is InChI=1S/C11H14N4O2S/c1-8-9(12)4-3-5-10(8)18(16,17)6-11-13-7-14-15(11)2/h3-5,7H,6,12H2,1-2H3. The van der Waals surface area contributed by atoms with Crippen LogP contribution in [0.4, 0.5) is 5.69 Å². The Morgan fingerprint density at radius 1 is 1.39 bits per heavy atom. The third kappa shape index (κ3) is 2.21. The van der Waals surface area contributed by atoms with Gasteiger partial charge in [0.05, 0.1) is 4.90 Å². The zero-order chi connectivity index (χ0) is 13.3. The zero-order valence-electron chi connectivity index (χ0n) is 10.2. The zero-order valence-corrected chi connectivity index (χ0v) is 11.0. The number of benzene rings is 1. The SMILES string of the molecule is Cc1c(N)cccc1S(=O)(=O)Cc1ncnn1C. The van der Waals surface area contributed by atoms with Gasteiger partial charge in [0.25, 0.3) is 0 Å². The smallest absolute Gasteiger partial charge is 0.185 e. The van der Waals surface area contributed by atoms with E-state index in [0.717, 1.165) is 0 Å². The highest BCUT2D eigenvalue weighted by molar-refractivity contribution is 7.90. The number of nitrogen functional groups attached to an aromatic ring is 1. The number of hydrogen-bond acceptors (Lipinski definition) is 5. The molecule has 0 saturated heterocycles. The van der Waals surface area contributed by atoms with Gasteiger partial charge in [-0.3, -0.25) is 4.68 Å². The number of sulfone groups is 1. The van der Waals surface area contributed by atoms with E-state index in [9.17, 15) is 8.42 Å². The van der Waals surface area contributed by atoms with Crippen LogP contribution in [0.1, 0.15) is 11.4 Å². The molecule has 7 heteroatoms. The van der Waals surface area contributed by atoms with Crippen molar-refractivity contribution in [1.29, 1.82) is 0 Å². The van der Waals surface area contributed by atoms with Crippen molar-refractivity contribution < 1.29 is 8.42 Å². The van der Waals surface area contributed by atoms with E-state index in [-0.39, 0.29) is 10.6 Å². The molecule has 6 nitrogen and oxygen atoms in total. The summed E-state index contributed by atoms with van der Waals surface area (Å²) in [4.78, 5) is 4.16. The van der Waals surface area contributed by atoms with Crippen LogP contribution in [0.2, 0.25) is 0 Å². The predicted octanol–water partition coefficient (Wildman–Crippen LogP) is 0.680. The van der Waals surface area contributed by atoms with Gasteiger partial charge < -0.3 is 5.73 Å². The van der Waals surface area contributed by atoms with Crippen LogP contribution in [0, 0.1) is 6.92 Å². The van der Waals surface area contributed by atoms with E-state index in [1.54, 1.807) is 32.2 Å². The predicted molar refractivity (Wildman–Crippen MR) is 67.5 cm³/mol. The van der Waals surface area contributed by atoms with Crippen molar-refractivity contribution >= 4 is 15.5 Å². The molecule has 2 N–H and O–H groups in total. The molecule has 0 aliphatic rings. The second kappa shape index (κ2) is 4.41. The Balaban J connectivity index is 2.43. The Hall–Kier alpha value is -1.89. The maximum Gasteiger partial charge on any atom is 0.185 e. The van der Waals surface area contributed by atoms with Crippen LogP contribution in [0.5, 0.6) is 0 Å². The third-order valence-corrected chi connectivity index (χ3v) is 4.54. The maximum absolute atomic E-state index is 12.3. The summed E-state index contributed by atoms with van der Waals surface area (Å²) in [5, 5.41) is 3.85. The summed E-state index contributed by atoms with van der Waals surface area (Å²) in [6, 6.07) is 4.86. The fourth-order valence-corrected chi connectivity index (χ4v) is 3.29. The van der Waals surface area contributed by atoms with Crippen molar-refractivity contribution in [2.75, 3.05) is 5.73 Å². The lowest BCUT2D eigenvalue weighted by Gasteiger charge is -2.09. The molecule has 0 amide bonds. The molecule has 0 unspecified atom stereocenters. The Kier molecular flexibility index (Phi) is 3.08. The summed E-state index contributed by atoms with van der Waals surface area (Å²) in [6.07, 6.45) is 1.33. The molecule has 0 spiro atoms. The molecule has 0 bridgehead atoms. The minimum Gasteiger partial charge on any atom is -0.398 e. The topological polar surface area (TPSA) is 90.9 Å². The third-order valence-electron chi connectivity index (χ3n) is 2.79. The van der Waals surface area contributed by atoms with Gasteiger partial charge in [-0.25, -0.2) is 13.4 Å². The van der Waals surface area contributed by atoms with Crippen molar-refractivity contribution in [2.24, 2.45) is 7.05 Å². The Labute approximate surface area is 105 Å². The summed E-state index contributed by atoms with van der Waals surface area (Å²) in [6.45, 7) is 1.69. The van der Waals surface area contributed by atoms with Gasteiger partial charge in [-0.2, -0.15) is 5.10 Å². The van der Waals surface area contributed by atoms with E-state index in [2.05, 4.69) is 10.1 Å². The molecule has 0 fully saturated rings. The highest BCUT2D eigenvalue weighted by Gasteiger charge is 2.21. The van der Waals surface area contributed by atoms with Crippen molar-refractivity contribution in [3.05, 3.63) is 35.9 Å². The molecular formula is C11H14N4O2S. The van der Waals surface area contributed by atoms with Gasteiger partial charge in [0.1, 0.15) is 17.9 Å². The lowest BCUT2D eigenvalue weighted by atomic mass is 10.2. The number of nitrogens with two attached hydrogens (primary N) is 1. The van der Waals surface area contributed by atoms with Crippen LogP contribution in [-0.2, 0) is 22.6 Å². The monoisotopic (exact) mass is 266 g/mol. The summed E-state index contributed by atoms with van der Waals surface area (Å²) in [7, 11) is -1.81. The average Bonchev–Trinajstić information content (AvgIpc) is 2.67. The van der Waals surface area contributed by atoms with Crippen molar-refractivity contribution in [1.82, 2.24) is 14.8 Å². The van der Waals surface area contributed by atoms with Crippen LogP contribution >= 0.6 is 0 Å². The fraction of sp³-hybridized carbons (Fsp3) is 0.273. The van der Waals surface area contributed by atoms with Gasteiger partial charge in [0, 0.05) is 12.7 Å². The molecule has 0 saturated carbocycles. The normalized spacial score (nSPS) is 11.7. The summed E-state index contributed by atoms with van der Waals surface area (Å²) in [5.74, 6) is 0.213. The molecule has 1 heterocycles. The summed E-state index contributed by atoms with van der Waals surface area (Å²) >= 11 is 0. The van der Waals surface area contributed by atoms with Gasteiger partial charge >= 0.3 is 0 Å². The van der Waals surface area contributed by atoms with Crippen molar-refractivity contribution in [3.63, 3.8) is 0 Å². The van der Waals surface area contributed by atoms with E-state index in [0.29, 0.717) is 17.1 Å². The fourth-order valence-electron chi connectivity index (χ4n) is 1.67. The first-order chi connectivity index (χ1) is 8.42. The lowest BCUT2D eigenvalue weighted by Crippen LogP contribution is -2.11. The van der Waals surface area contributed by atoms with Crippen LogP contribution in [0.15, 0.2) is 29.4 Å². The van der Waals surface area contributed by atoms with Gasteiger partial charge in [-0.15, -0.1) is 0 Å². The Bertz CT molecular complexity index is 676. The quantitative estimate of drug-likeness (QED) is 0.825. The molecule has 1 aromatic heterocycles.